The second-order valence-electron chi connectivity index (χ2n) is 6.07. The molecule has 0 aromatic heterocycles. The molecule has 0 saturated carbocycles. The normalized spacial score (nSPS) is 27.0. The van der Waals surface area contributed by atoms with E-state index in [-0.39, 0.29) is 0 Å². The van der Waals surface area contributed by atoms with E-state index in [1.165, 1.54) is 0 Å². The van der Waals surface area contributed by atoms with Gasteiger partial charge in [-0.1, -0.05) is 27.7 Å². The largest absolute Gasteiger partial charge is 0.380 e. The van der Waals surface area contributed by atoms with Crippen LogP contribution in [0.1, 0.15) is 34.6 Å². The molecule has 1 saturated heterocycles. The van der Waals surface area contributed by atoms with Gasteiger partial charge in [-0.25, -0.2) is 0 Å². The summed E-state index contributed by atoms with van der Waals surface area (Å²) in [6.45, 7) is 16.4. The molecular weight excluding hydrogens is 212 g/mol. The molecule has 17 heavy (non-hydrogen) atoms. The summed E-state index contributed by atoms with van der Waals surface area (Å²) >= 11 is 0. The Morgan fingerprint density at radius 2 is 2.00 bits per heavy atom. The lowest BCUT2D eigenvalue weighted by Crippen LogP contribution is -2.57. The Balaban J connectivity index is 2.25. The van der Waals surface area contributed by atoms with E-state index in [4.69, 9.17) is 4.74 Å². The number of rotatable bonds is 6. The van der Waals surface area contributed by atoms with Gasteiger partial charge in [0.1, 0.15) is 0 Å². The quantitative estimate of drug-likeness (QED) is 0.721. The van der Waals surface area contributed by atoms with Gasteiger partial charge in [-0.15, -0.1) is 0 Å². The van der Waals surface area contributed by atoms with Gasteiger partial charge in [-0.05, 0) is 18.8 Å². The molecule has 0 radical (unpaired) electrons. The zero-order valence-corrected chi connectivity index (χ0v) is 12.2. The van der Waals surface area contributed by atoms with Crippen molar-refractivity contribution in [2.45, 2.75) is 46.7 Å². The maximum atomic E-state index is 5.68. The molecule has 1 heterocycles. The highest BCUT2D eigenvalue weighted by Gasteiger charge is 2.26. The highest BCUT2D eigenvalue weighted by atomic mass is 16.5. The minimum atomic E-state index is 0.632. The molecule has 2 unspecified atom stereocenters. The predicted octanol–water partition coefficient (Wildman–Crippen LogP) is 1.98. The Morgan fingerprint density at radius 1 is 1.29 bits per heavy atom. The van der Waals surface area contributed by atoms with Crippen molar-refractivity contribution in [2.75, 3.05) is 32.8 Å². The predicted molar refractivity (Wildman–Crippen MR) is 73.3 cm³/mol. The Hall–Kier alpha value is -0.120. The van der Waals surface area contributed by atoms with E-state index in [2.05, 4.69) is 44.8 Å². The van der Waals surface area contributed by atoms with Crippen molar-refractivity contribution in [1.29, 1.82) is 0 Å². The molecule has 2 atom stereocenters. The number of hydrogen-bond acceptors (Lipinski definition) is 3. The molecule has 0 amide bonds. The van der Waals surface area contributed by atoms with Gasteiger partial charge in [0.2, 0.25) is 0 Å². The molecular formula is C14H30N2O. The Labute approximate surface area is 107 Å². The van der Waals surface area contributed by atoms with Crippen molar-refractivity contribution in [3.05, 3.63) is 0 Å². The average molecular weight is 242 g/mol. The first kappa shape index (κ1) is 14.9. The van der Waals surface area contributed by atoms with Crippen molar-refractivity contribution in [3.8, 4) is 0 Å². The first-order valence-corrected chi connectivity index (χ1v) is 7.06. The maximum Gasteiger partial charge on any atom is 0.0593 e. The topological polar surface area (TPSA) is 24.5 Å². The second-order valence-corrected chi connectivity index (χ2v) is 6.07. The van der Waals surface area contributed by atoms with Gasteiger partial charge in [-0.2, -0.15) is 0 Å². The van der Waals surface area contributed by atoms with Gasteiger partial charge in [0.15, 0.2) is 0 Å². The summed E-state index contributed by atoms with van der Waals surface area (Å²) < 4.78 is 5.68. The SMILES string of the molecule is CC(C)COCCN1CC(C(C)C)NCC1C. The molecule has 3 nitrogen and oxygen atoms in total. The molecule has 0 aromatic carbocycles. The molecule has 0 spiro atoms. The smallest absolute Gasteiger partial charge is 0.0593 e. The summed E-state index contributed by atoms with van der Waals surface area (Å²) in [5, 5.41) is 3.62. The first-order valence-electron chi connectivity index (χ1n) is 7.06. The van der Waals surface area contributed by atoms with Gasteiger partial charge in [0.25, 0.3) is 0 Å². The fraction of sp³-hybridized carbons (Fsp3) is 1.00. The monoisotopic (exact) mass is 242 g/mol. The zero-order chi connectivity index (χ0) is 12.8. The summed E-state index contributed by atoms with van der Waals surface area (Å²) in [4.78, 5) is 2.56. The Morgan fingerprint density at radius 3 is 2.59 bits per heavy atom. The minimum absolute atomic E-state index is 0.632. The molecule has 0 aromatic rings. The van der Waals surface area contributed by atoms with E-state index in [1.54, 1.807) is 0 Å². The van der Waals surface area contributed by atoms with Crippen LogP contribution in [0.5, 0.6) is 0 Å². The van der Waals surface area contributed by atoms with E-state index in [1.807, 2.05) is 0 Å². The molecule has 1 aliphatic rings. The summed E-state index contributed by atoms with van der Waals surface area (Å²) in [6, 6.07) is 1.27. The van der Waals surface area contributed by atoms with E-state index in [0.29, 0.717) is 23.9 Å². The molecule has 1 N–H and O–H groups in total. The summed E-state index contributed by atoms with van der Waals surface area (Å²) in [5.74, 6) is 1.35. The second kappa shape index (κ2) is 7.34. The maximum absolute atomic E-state index is 5.68. The van der Waals surface area contributed by atoms with Crippen LogP contribution in [0.25, 0.3) is 0 Å². The highest BCUT2D eigenvalue weighted by molar-refractivity contribution is 4.85. The van der Waals surface area contributed by atoms with Gasteiger partial charge >= 0.3 is 0 Å². The molecule has 3 heteroatoms. The first-order chi connectivity index (χ1) is 8.00. The lowest BCUT2D eigenvalue weighted by Gasteiger charge is -2.40. The van der Waals surface area contributed by atoms with Crippen LogP contribution in [0.15, 0.2) is 0 Å². The van der Waals surface area contributed by atoms with Gasteiger partial charge in [0.05, 0.1) is 6.61 Å². The summed E-state index contributed by atoms with van der Waals surface area (Å²) in [6.07, 6.45) is 0. The van der Waals surface area contributed by atoms with Crippen LogP contribution in [-0.4, -0.2) is 49.8 Å². The number of ether oxygens (including phenoxy) is 1. The number of piperazine rings is 1. The summed E-state index contributed by atoms with van der Waals surface area (Å²) in [5.41, 5.74) is 0. The van der Waals surface area contributed by atoms with Crippen LogP contribution in [0, 0.1) is 11.8 Å². The third-order valence-electron chi connectivity index (χ3n) is 3.51. The van der Waals surface area contributed by atoms with Crippen LogP contribution < -0.4 is 5.32 Å². The molecule has 1 aliphatic heterocycles. The molecule has 1 fully saturated rings. The lowest BCUT2D eigenvalue weighted by atomic mass is 10.00. The highest BCUT2D eigenvalue weighted by Crippen LogP contribution is 2.12. The Kier molecular flexibility index (Phi) is 6.45. The molecule has 0 bridgehead atoms. The van der Waals surface area contributed by atoms with E-state index in [0.717, 1.165) is 32.8 Å². The standard InChI is InChI=1S/C14H30N2O/c1-11(2)10-17-7-6-16-9-14(12(3)4)15-8-13(16)5/h11-15H,6-10H2,1-5H3. The third-order valence-corrected chi connectivity index (χ3v) is 3.51. The number of hydrogen-bond donors (Lipinski definition) is 1. The molecule has 1 rings (SSSR count). The number of nitrogens with one attached hydrogen (secondary N) is 1. The average Bonchev–Trinajstić information content (AvgIpc) is 2.25. The van der Waals surface area contributed by atoms with Crippen molar-refractivity contribution >= 4 is 0 Å². The van der Waals surface area contributed by atoms with Gasteiger partial charge < -0.3 is 10.1 Å². The van der Waals surface area contributed by atoms with E-state index >= 15 is 0 Å². The van der Waals surface area contributed by atoms with Crippen molar-refractivity contribution in [3.63, 3.8) is 0 Å². The fourth-order valence-corrected chi connectivity index (χ4v) is 2.21. The van der Waals surface area contributed by atoms with Crippen molar-refractivity contribution in [2.24, 2.45) is 11.8 Å². The van der Waals surface area contributed by atoms with E-state index < -0.39 is 0 Å². The van der Waals surface area contributed by atoms with Crippen LogP contribution in [-0.2, 0) is 4.74 Å². The Bertz CT molecular complexity index is 206. The van der Waals surface area contributed by atoms with Crippen LogP contribution >= 0.6 is 0 Å². The lowest BCUT2D eigenvalue weighted by molar-refractivity contribution is 0.0542. The van der Waals surface area contributed by atoms with Crippen molar-refractivity contribution in [1.82, 2.24) is 10.2 Å². The van der Waals surface area contributed by atoms with Crippen LogP contribution in [0.2, 0.25) is 0 Å². The van der Waals surface area contributed by atoms with Gasteiger partial charge in [-0.3, -0.25) is 4.90 Å². The zero-order valence-electron chi connectivity index (χ0n) is 12.2. The molecule has 102 valence electrons. The summed E-state index contributed by atoms with van der Waals surface area (Å²) in [7, 11) is 0. The fourth-order valence-electron chi connectivity index (χ4n) is 2.21. The van der Waals surface area contributed by atoms with Crippen LogP contribution in [0.4, 0.5) is 0 Å². The minimum Gasteiger partial charge on any atom is -0.380 e. The third kappa shape index (κ3) is 5.36. The number of nitrogens with zero attached hydrogens (tertiary/aromatic N) is 1. The van der Waals surface area contributed by atoms with E-state index in [9.17, 15) is 0 Å². The van der Waals surface area contributed by atoms with Gasteiger partial charge in [0, 0.05) is 38.3 Å². The van der Waals surface area contributed by atoms with Crippen molar-refractivity contribution < 1.29 is 4.74 Å². The van der Waals surface area contributed by atoms with Crippen LogP contribution in [0.3, 0.4) is 0 Å². The molecule has 0 aliphatic carbocycles.